The Bertz CT molecular complexity index is 755. The van der Waals surface area contributed by atoms with Crippen LogP contribution >= 0.6 is 11.3 Å². The van der Waals surface area contributed by atoms with Crippen molar-refractivity contribution < 1.29 is 9.47 Å². The molecule has 128 valence electrons. The second-order valence-electron chi connectivity index (χ2n) is 5.78. The molecule has 0 bridgehead atoms. The third kappa shape index (κ3) is 3.48. The van der Waals surface area contributed by atoms with E-state index in [-0.39, 0.29) is 6.17 Å². The van der Waals surface area contributed by atoms with Crippen LogP contribution in [0.2, 0.25) is 0 Å². The van der Waals surface area contributed by atoms with Gasteiger partial charge in [-0.2, -0.15) is 0 Å². The number of methoxy groups -OCH3 is 2. The largest absolute Gasteiger partial charge is 0.493 e. The zero-order valence-corrected chi connectivity index (χ0v) is 15.3. The summed E-state index contributed by atoms with van der Waals surface area (Å²) in [6, 6.07) is 8.19. The smallest absolute Gasteiger partial charge is 0.160 e. The Morgan fingerprint density at radius 2 is 1.92 bits per heavy atom. The fourth-order valence-corrected chi connectivity index (χ4v) is 3.78. The monoisotopic (exact) mass is 345 g/mol. The van der Waals surface area contributed by atoms with Gasteiger partial charge in [-0.3, -0.25) is 4.99 Å². The molecule has 0 saturated heterocycles. The molecular weight excluding hydrogens is 322 g/mol. The molecule has 2 heterocycles. The molecule has 5 nitrogen and oxygen atoms in total. The number of hydrogen-bond donors (Lipinski definition) is 2. The molecule has 0 radical (unpaired) electrons. The predicted octanol–water partition coefficient (Wildman–Crippen LogP) is 3.42. The number of fused-ring (bicyclic) bond motifs is 1. The molecule has 1 aromatic heterocycles. The third-order valence-corrected chi connectivity index (χ3v) is 4.91. The lowest BCUT2D eigenvalue weighted by atomic mass is 10.1. The van der Waals surface area contributed by atoms with Crippen molar-refractivity contribution in [1.82, 2.24) is 5.32 Å². The number of thiophene rings is 1. The van der Waals surface area contributed by atoms with E-state index in [1.54, 1.807) is 25.6 Å². The van der Waals surface area contributed by atoms with Crippen molar-refractivity contribution in [3.63, 3.8) is 0 Å². The molecule has 3 rings (SSSR count). The second kappa shape index (κ2) is 7.13. The molecule has 0 aliphatic carbocycles. The highest BCUT2D eigenvalue weighted by Crippen LogP contribution is 2.31. The number of nitrogens with zero attached hydrogens (tertiary/aromatic N) is 1. The second-order valence-corrected chi connectivity index (χ2v) is 7.04. The van der Waals surface area contributed by atoms with Crippen LogP contribution in [0, 0.1) is 6.92 Å². The van der Waals surface area contributed by atoms with Gasteiger partial charge in [0.15, 0.2) is 11.5 Å². The van der Waals surface area contributed by atoms with E-state index in [4.69, 9.17) is 14.5 Å². The van der Waals surface area contributed by atoms with Crippen molar-refractivity contribution in [2.45, 2.75) is 26.4 Å². The van der Waals surface area contributed by atoms with Crippen molar-refractivity contribution in [2.75, 3.05) is 26.1 Å². The van der Waals surface area contributed by atoms with Crippen molar-refractivity contribution in [3.05, 3.63) is 40.3 Å². The van der Waals surface area contributed by atoms with Crippen molar-refractivity contribution in [1.29, 1.82) is 0 Å². The number of ether oxygens (including phenoxy) is 2. The molecule has 2 N–H and O–H groups in total. The Labute approximate surface area is 146 Å². The maximum absolute atomic E-state index is 5.36. The van der Waals surface area contributed by atoms with Gasteiger partial charge >= 0.3 is 0 Å². The summed E-state index contributed by atoms with van der Waals surface area (Å²) in [4.78, 5) is 6.07. The number of hydrogen-bond acceptors (Lipinski definition) is 5. The zero-order valence-electron chi connectivity index (χ0n) is 14.5. The molecule has 1 aliphatic heterocycles. The van der Waals surface area contributed by atoms with Crippen LogP contribution in [0.15, 0.2) is 29.3 Å². The van der Waals surface area contributed by atoms with Crippen LogP contribution in [-0.2, 0) is 6.42 Å². The summed E-state index contributed by atoms with van der Waals surface area (Å²) >= 11 is 1.77. The summed E-state index contributed by atoms with van der Waals surface area (Å²) in [7, 11) is 3.30. The van der Waals surface area contributed by atoms with Gasteiger partial charge in [-0.05, 0) is 44.0 Å². The highest BCUT2D eigenvalue weighted by atomic mass is 32.1. The first-order chi connectivity index (χ1) is 11.6. The van der Waals surface area contributed by atoms with E-state index in [9.17, 15) is 0 Å². The number of nitrogens with one attached hydrogen (secondary N) is 2. The number of aliphatic imine (C=N–C) groups is 1. The molecule has 1 aliphatic rings. The van der Waals surface area contributed by atoms with E-state index >= 15 is 0 Å². The maximum Gasteiger partial charge on any atom is 0.160 e. The number of anilines is 1. The fraction of sp³-hybridized carbons (Fsp3) is 0.389. The molecule has 0 spiro atoms. The molecule has 0 saturated carbocycles. The fourth-order valence-electron chi connectivity index (χ4n) is 2.78. The molecular formula is C18H23N3O2S. The summed E-state index contributed by atoms with van der Waals surface area (Å²) in [6.07, 6.45) is 1.04. The minimum absolute atomic E-state index is 0.190. The molecule has 1 atom stereocenters. The molecule has 24 heavy (non-hydrogen) atoms. The molecule has 6 heteroatoms. The summed E-state index contributed by atoms with van der Waals surface area (Å²) in [5.41, 5.74) is 2.35. The minimum Gasteiger partial charge on any atom is -0.493 e. The van der Waals surface area contributed by atoms with E-state index in [1.165, 1.54) is 21.0 Å². The van der Waals surface area contributed by atoms with Crippen molar-refractivity contribution >= 4 is 22.2 Å². The van der Waals surface area contributed by atoms with Crippen LogP contribution in [0.3, 0.4) is 0 Å². The van der Waals surface area contributed by atoms with Gasteiger partial charge in [-0.15, -0.1) is 11.3 Å². The Morgan fingerprint density at radius 3 is 2.67 bits per heavy atom. The SMILES string of the molecule is COc1ccc(CCN=C2NC(C)Nc3sc(C)cc32)cc1OC. The van der Waals surface area contributed by atoms with Crippen LogP contribution in [0.5, 0.6) is 11.5 Å². The van der Waals surface area contributed by atoms with Gasteiger partial charge in [-0.1, -0.05) is 6.07 Å². The molecule has 0 amide bonds. The Kier molecular flexibility index (Phi) is 4.94. The van der Waals surface area contributed by atoms with Crippen LogP contribution in [0.25, 0.3) is 0 Å². The first-order valence-electron chi connectivity index (χ1n) is 8.00. The highest BCUT2D eigenvalue weighted by Gasteiger charge is 2.21. The number of aryl methyl sites for hydroxylation is 1. The Balaban J connectivity index is 1.72. The van der Waals surface area contributed by atoms with E-state index < -0.39 is 0 Å². The topological polar surface area (TPSA) is 54.9 Å². The maximum atomic E-state index is 5.36. The average molecular weight is 345 g/mol. The minimum atomic E-state index is 0.190. The van der Waals surface area contributed by atoms with E-state index in [1.807, 2.05) is 12.1 Å². The lowest BCUT2D eigenvalue weighted by molar-refractivity contribution is 0.354. The Hall–Kier alpha value is -2.21. The number of amidine groups is 1. The van der Waals surface area contributed by atoms with Gasteiger partial charge in [-0.25, -0.2) is 0 Å². The summed E-state index contributed by atoms with van der Waals surface area (Å²) in [5.74, 6) is 2.48. The van der Waals surface area contributed by atoms with Gasteiger partial charge in [0.25, 0.3) is 0 Å². The lowest BCUT2D eigenvalue weighted by Crippen LogP contribution is -2.42. The molecule has 2 aromatic rings. The molecule has 1 aromatic carbocycles. The third-order valence-electron chi connectivity index (χ3n) is 3.93. The van der Waals surface area contributed by atoms with E-state index in [0.29, 0.717) is 0 Å². The summed E-state index contributed by atoms with van der Waals surface area (Å²) in [6.45, 7) is 4.94. The summed E-state index contributed by atoms with van der Waals surface area (Å²) < 4.78 is 10.6. The average Bonchev–Trinajstić information content (AvgIpc) is 2.94. The standard InChI is InChI=1S/C18H23N3O2S/c1-11-9-14-17(20-12(2)21-18(14)24-11)19-8-7-13-5-6-15(22-3)16(10-13)23-4/h5-6,9-10,12,21H,7-8H2,1-4H3,(H,19,20). The lowest BCUT2D eigenvalue weighted by Gasteiger charge is -2.25. The quantitative estimate of drug-likeness (QED) is 0.872. The summed E-state index contributed by atoms with van der Waals surface area (Å²) in [5, 5.41) is 8.05. The van der Waals surface area contributed by atoms with Gasteiger partial charge < -0.3 is 20.1 Å². The van der Waals surface area contributed by atoms with Crippen molar-refractivity contribution in [3.8, 4) is 11.5 Å². The molecule has 1 unspecified atom stereocenters. The number of rotatable bonds is 5. The first-order valence-corrected chi connectivity index (χ1v) is 8.81. The highest BCUT2D eigenvalue weighted by molar-refractivity contribution is 7.16. The van der Waals surface area contributed by atoms with Crippen molar-refractivity contribution in [2.24, 2.45) is 4.99 Å². The van der Waals surface area contributed by atoms with E-state index in [2.05, 4.69) is 36.6 Å². The number of benzene rings is 1. The van der Waals surface area contributed by atoms with Gasteiger partial charge in [0.1, 0.15) is 10.8 Å². The zero-order chi connectivity index (χ0) is 17.1. The Morgan fingerprint density at radius 1 is 1.12 bits per heavy atom. The predicted molar refractivity (Wildman–Crippen MR) is 99.9 cm³/mol. The van der Waals surface area contributed by atoms with Crippen LogP contribution in [-0.4, -0.2) is 32.8 Å². The van der Waals surface area contributed by atoms with Crippen LogP contribution < -0.4 is 20.1 Å². The van der Waals surface area contributed by atoms with Gasteiger partial charge in [0, 0.05) is 11.4 Å². The normalized spacial score (nSPS) is 17.8. The van der Waals surface area contributed by atoms with E-state index in [0.717, 1.165) is 30.3 Å². The van der Waals surface area contributed by atoms with Gasteiger partial charge in [0.05, 0.1) is 25.9 Å². The molecule has 0 fully saturated rings. The first kappa shape index (κ1) is 16.6. The van der Waals surface area contributed by atoms with Crippen LogP contribution in [0.4, 0.5) is 5.00 Å². The van der Waals surface area contributed by atoms with Gasteiger partial charge in [0.2, 0.25) is 0 Å². The van der Waals surface area contributed by atoms with Crippen LogP contribution in [0.1, 0.15) is 22.9 Å².